The van der Waals surface area contributed by atoms with Gasteiger partial charge in [0.1, 0.15) is 0 Å². The van der Waals surface area contributed by atoms with Gasteiger partial charge in [-0.25, -0.2) is 0 Å². The molecule has 0 aliphatic carbocycles. The predicted molar refractivity (Wildman–Crippen MR) is 53.0 cm³/mol. The first kappa shape index (κ1) is 9.82. The zero-order chi connectivity index (χ0) is 9.14. The number of rotatable bonds is 2. The number of hydrogen-bond acceptors (Lipinski definition) is 1. The molecule has 0 radical (unpaired) electrons. The molecular formula is C9H11Cl2N. The third-order valence-electron chi connectivity index (χ3n) is 1.98. The highest BCUT2D eigenvalue weighted by Gasteiger charge is 2.13. The van der Waals surface area contributed by atoms with Crippen molar-refractivity contribution in [2.75, 3.05) is 0 Å². The van der Waals surface area contributed by atoms with Crippen molar-refractivity contribution >= 4 is 23.2 Å². The standard InChI is InChI=1S/C9H11Cl2N/c1-6(7(2)10)8-3-4-12-5-9(8)11/h3-7H,1-2H3. The van der Waals surface area contributed by atoms with Crippen molar-refractivity contribution in [2.24, 2.45) is 0 Å². The van der Waals surface area contributed by atoms with Crippen molar-refractivity contribution < 1.29 is 0 Å². The van der Waals surface area contributed by atoms with Crippen LogP contribution in [-0.2, 0) is 0 Å². The molecule has 0 aromatic carbocycles. The van der Waals surface area contributed by atoms with E-state index >= 15 is 0 Å². The molecule has 0 saturated heterocycles. The van der Waals surface area contributed by atoms with Crippen LogP contribution in [0.1, 0.15) is 25.3 Å². The van der Waals surface area contributed by atoms with Gasteiger partial charge >= 0.3 is 0 Å². The fourth-order valence-electron chi connectivity index (χ4n) is 1.00. The van der Waals surface area contributed by atoms with Crippen molar-refractivity contribution in [2.45, 2.75) is 25.1 Å². The number of pyridine rings is 1. The average molecular weight is 204 g/mol. The summed E-state index contributed by atoms with van der Waals surface area (Å²) in [5.41, 5.74) is 1.06. The molecule has 66 valence electrons. The lowest BCUT2D eigenvalue weighted by Gasteiger charge is -2.14. The summed E-state index contributed by atoms with van der Waals surface area (Å²) in [4.78, 5) is 3.91. The van der Waals surface area contributed by atoms with Crippen molar-refractivity contribution in [1.29, 1.82) is 0 Å². The molecule has 0 aliphatic rings. The smallest absolute Gasteiger partial charge is 0.0624 e. The first-order valence-corrected chi connectivity index (χ1v) is 4.68. The second-order valence-electron chi connectivity index (χ2n) is 2.86. The van der Waals surface area contributed by atoms with Gasteiger partial charge in [0.25, 0.3) is 0 Å². The molecule has 1 aromatic rings. The van der Waals surface area contributed by atoms with Crippen molar-refractivity contribution in [3.05, 3.63) is 29.0 Å². The van der Waals surface area contributed by atoms with E-state index in [1.165, 1.54) is 0 Å². The molecule has 0 bridgehead atoms. The summed E-state index contributed by atoms with van der Waals surface area (Å²) in [6.45, 7) is 4.02. The molecule has 0 spiro atoms. The Morgan fingerprint density at radius 3 is 2.58 bits per heavy atom. The molecule has 0 amide bonds. The number of halogens is 2. The Labute approximate surface area is 82.7 Å². The highest BCUT2D eigenvalue weighted by atomic mass is 35.5. The molecule has 1 nitrogen and oxygen atoms in total. The van der Waals surface area contributed by atoms with E-state index in [2.05, 4.69) is 11.9 Å². The van der Waals surface area contributed by atoms with Crippen LogP contribution in [-0.4, -0.2) is 10.4 Å². The molecular weight excluding hydrogens is 193 g/mol. The van der Waals surface area contributed by atoms with Crippen LogP contribution in [0.4, 0.5) is 0 Å². The van der Waals surface area contributed by atoms with Gasteiger partial charge in [0, 0.05) is 17.8 Å². The van der Waals surface area contributed by atoms with Gasteiger partial charge in [-0.1, -0.05) is 18.5 Å². The fourth-order valence-corrected chi connectivity index (χ4v) is 1.43. The Kier molecular flexibility index (Phi) is 3.36. The predicted octanol–water partition coefficient (Wildman–Crippen LogP) is 3.47. The van der Waals surface area contributed by atoms with Crippen LogP contribution in [0, 0.1) is 0 Å². The second-order valence-corrected chi connectivity index (χ2v) is 3.96. The SMILES string of the molecule is CC(Cl)C(C)c1ccncc1Cl. The monoisotopic (exact) mass is 203 g/mol. The minimum Gasteiger partial charge on any atom is -0.263 e. The van der Waals surface area contributed by atoms with Gasteiger partial charge < -0.3 is 0 Å². The van der Waals surface area contributed by atoms with Gasteiger partial charge in [0.05, 0.1) is 5.02 Å². The third-order valence-corrected chi connectivity index (χ3v) is 2.68. The Balaban J connectivity index is 2.94. The summed E-state index contributed by atoms with van der Waals surface area (Å²) >= 11 is 11.9. The van der Waals surface area contributed by atoms with E-state index in [4.69, 9.17) is 23.2 Å². The summed E-state index contributed by atoms with van der Waals surface area (Å²) in [7, 11) is 0. The van der Waals surface area contributed by atoms with Gasteiger partial charge in [-0.2, -0.15) is 0 Å². The van der Waals surface area contributed by atoms with E-state index < -0.39 is 0 Å². The van der Waals surface area contributed by atoms with E-state index in [1.54, 1.807) is 12.4 Å². The molecule has 0 aliphatic heterocycles. The lowest BCUT2D eigenvalue weighted by atomic mass is 10.00. The normalized spacial score (nSPS) is 15.7. The third kappa shape index (κ3) is 2.11. The fraction of sp³-hybridized carbons (Fsp3) is 0.444. The Morgan fingerprint density at radius 1 is 1.42 bits per heavy atom. The first-order chi connectivity index (χ1) is 5.63. The summed E-state index contributed by atoms with van der Waals surface area (Å²) in [6.07, 6.45) is 3.38. The van der Waals surface area contributed by atoms with E-state index in [1.807, 2.05) is 13.0 Å². The van der Waals surface area contributed by atoms with Crippen LogP contribution in [0.3, 0.4) is 0 Å². The Bertz CT molecular complexity index is 260. The average Bonchev–Trinajstić information content (AvgIpc) is 2.04. The minimum atomic E-state index is 0.0879. The number of alkyl halides is 1. The summed E-state index contributed by atoms with van der Waals surface area (Å²) in [5.74, 6) is 0.266. The van der Waals surface area contributed by atoms with Gasteiger partial charge in [-0.05, 0) is 24.5 Å². The molecule has 1 rings (SSSR count). The minimum absolute atomic E-state index is 0.0879. The summed E-state index contributed by atoms with van der Waals surface area (Å²) < 4.78 is 0. The molecule has 0 saturated carbocycles. The van der Waals surface area contributed by atoms with Crippen molar-refractivity contribution in [3.63, 3.8) is 0 Å². The maximum atomic E-state index is 5.96. The maximum Gasteiger partial charge on any atom is 0.0624 e. The van der Waals surface area contributed by atoms with Crippen LogP contribution in [0.5, 0.6) is 0 Å². The molecule has 12 heavy (non-hydrogen) atoms. The first-order valence-electron chi connectivity index (χ1n) is 3.86. The zero-order valence-electron chi connectivity index (χ0n) is 7.09. The molecule has 2 atom stereocenters. The highest BCUT2D eigenvalue weighted by molar-refractivity contribution is 6.31. The lowest BCUT2D eigenvalue weighted by Crippen LogP contribution is -2.05. The molecule has 0 N–H and O–H groups in total. The van der Waals surface area contributed by atoms with E-state index in [9.17, 15) is 0 Å². The second kappa shape index (κ2) is 4.11. The zero-order valence-corrected chi connectivity index (χ0v) is 8.60. The van der Waals surface area contributed by atoms with E-state index in [-0.39, 0.29) is 11.3 Å². The van der Waals surface area contributed by atoms with E-state index in [0.717, 1.165) is 5.56 Å². The van der Waals surface area contributed by atoms with Gasteiger partial charge in [0.2, 0.25) is 0 Å². The molecule has 1 aromatic heterocycles. The topological polar surface area (TPSA) is 12.9 Å². The van der Waals surface area contributed by atoms with Crippen LogP contribution in [0.15, 0.2) is 18.5 Å². The number of aromatic nitrogens is 1. The number of nitrogens with zero attached hydrogens (tertiary/aromatic N) is 1. The van der Waals surface area contributed by atoms with Crippen molar-refractivity contribution in [1.82, 2.24) is 4.98 Å². The summed E-state index contributed by atoms with van der Waals surface area (Å²) in [5, 5.41) is 0.780. The number of hydrogen-bond donors (Lipinski definition) is 0. The summed E-state index contributed by atoms with van der Waals surface area (Å²) in [6, 6.07) is 1.91. The molecule has 0 fully saturated rings. The van der Waals surface area contributed by atoms with Gasteiger partial charge in [-0.3, -0.25) is 4.98 Å². The Morgan fingerprint density at radius 2 is 2.08 bits per heavy atom. The lowest BCUT2D eigenvalue weighted by molar-refractivity contribution is 0.741. The van der Waals surface area contributed by atoms with Crippen LogP contribution >= 0.6 is 23.2 Å². The molecule has 3 heteroatoms. The molecule has 1 heterocycles. The Hall–Kier alpha value is -0.270. The van der Waals surface area contributed by atoms with Crippen LogP contribution in [0.2, 0.25) is 5.02 Å². The highest BCUT2D eigenvalue weighted by Crippen LogP contribution is 2.27. The molecule has 2 unspecified atom stereocenters. The van der Waals surface area contributed by atoms with Gasteiger partial charge in [0.15, 0.2) is 0 Å². The van der Waals surface area contributed by atoms with Crippen LogP contribution < -0.4 is 0 Å². The maximum absolute atomic E-state index is 5.96. The van der Waals surface area contributed by atoms with E-state index in [0.29, 0.717) is 5.02 Å². The van der Waals surface area contributed by atoms with Crippen molar-refractivity contribution in [3.8, 4) is 0 Å². The largest absolute Gasteiger partial charge is 0.263 e. The quantitative estimate of drug-likeness (QED) is 0.672. The van der Waals surface area contributed by atoms with Gasteiger partial charge in [-0.15, -0.1) is 11.6 Å². The van der Waals surface area contributed by atoms with Crippen LogP contribution in [0.25, 0.3) is 0 Å².